The van der Waals surface area contributed by atoms with Crippen LogP contribution in [0.25, 0.3) is 0 Å². The van der Waals surface area contributed by atoms with Crippen LogP contribution in [0.3, 0.4) is 0 Å². The zero-order chi connectivity index (χ0) is 23.5. The molecule has 33 heavy (non-hydrogen) atoms. The van der Waals surface area contributed by atoms with Crippen LogP contribution >= 0.6 is 11.6 Å². The van der Waals surface area contributed by atoms with Crippen molar-refractivity contribution in [2.75, 3.05) is 16.3 Å². The molecule has 4 rings (SSSR count). The van der Waals surface area contributed by atoms with Crippen LogP contribution in [-0.2, 0) is 11.2 Å². The second-order valence-corrected chi connectivity index (χ2v) is 8.77. The first kappa shape index (κ1) is 23.0. The molecule has 5 nitrogen and oxygen atoms in total. The number of carbonyl (C=O) groups excluding carboxylic acids is 2. The van der Waals surface area contributed by atoms with Crippen molar-refractivity contribution in [2.24, 2.45) is 0 Å². The lowest BCUT2D eigenvalue weighted by Crippen LogP contribution is -2.47. The number of aromatic nitrogens is 1. The van der Waals surface area contributed by atoms with Gasteiger partial charge in [0.2, 0.25) is 5.91 Å². The Balaban J connectivity index is 1.68. The highest BCUT2D eigenvalue weighted by atomic mass is 35.5. The van der Waals surface area contributed by atoms with E-state index in [1.54, 1.807) is 28.1 Å². The van der Waals surface area contributed by atoms with Crippen molar-refractivity contribution in [1.82, 2.24) is 4.98 Å². The molecule has 0 aliphatic carbocycles. The molecule has 1 aromatic heterocycles. The number of halogens is 1. The number of hydrogen-bond donors (Lipinski definition) is 0. The Hall–Kier alpha value is -3.18. The van der Waals surface area contributed by atoms with Crippen LogP contribution in [0, 0.1) is 0 Å². The second kappa shape index (κ2) is 9.75. The highest BCUT2D eigenvalue weighted by molar-refractivity contribution is 6.30. The summed E-state index contributed by atoms with van der Waals surface area (Å²) in [6.45, 7) is 6.56. The summed E-state index contributed by atoms with van der Waals surface area (Å²) in [5.74, 6) is 0.0820. The molecule has 2 heterocycles. The molecule has 170 valence electrons. The maximum absolute atomic E-state index is 13.7. The van der Waals surface area contributed by atoms with Gasteiger partial charge in [0.1, 0.15) is 5.82 Å². The normalized spacial score (nSPS) is 17.4. The fourth-order valence-electron chi connectivity index (χ4n) is 4.49. The van der Waals surface area contributed by atoms with Crippen molar-refractivity contribution in [1.29, 1.82) is 0 Å². The van der Waals surface area contributed by atoms with Crippen molar-refractivity contribution >= 4 is 34.9 Å². The Morgan fingerprint density at radius 2 is 1.76 bits per heavy atom. The van der Waals surface area contributed by atoms with Crippen LogP contribution in [0.1, 0.15) is 54.6 Å². The summed E-state index contributed by atoms with van der Waals surface area (Å²) in [5.41, 5.74) is 3.40. The SMILES string of the molecule is CCc1ccc(C(=O)N2c3ncccc3[C@@H](C(=O)N(CC)c3ccc(Cl)cc3)C[C@@H]2C)cc1. The zero-order valence-electron chi connectivity index (χ0n) is 19.2. The molecule has 2 amide bonds. The van der Waals surface area contributed by atoms with Gasteiger partial charge in [-0.1, -0.05) is 36.7 Å². The lowest BCUT2D eigenvalue weighted by atomic mass is 9.86. The molecule has 0 spiro atoms. The summed E-state index contributed by atoms with van der Waals surface area (Å²) in [4.78, 5) is 35.2. The molecule has 0 bridgehead atoms. The molecule has 2 aromatic carbocycles. The van der Waals surface area contributed by atoms with Gasteiger partial charge in [-0.05, 0) is 74.7 Å². The molecule has 0 unspecified atom stereocenters. The lowest BCUT2D eigenvalue weighted by Gasteiger charge is -2.39. The summed E-state index contributed by atoms with van der Waals surface area (Å²) in [6.07, 6.45) is 3.13. The van der Waals surface area contributed by atoms with Gasteiger partial charge >= 0.3 is 0 Å². The van der Waals surface area contributed by atoms with Crippen LogP contribution in [0.15, 0.2) is 66.9 Å². The molecular formula is C27H28ClN3O2. The monoisotopic (exact) mass is 461 g/mol. The van der Waals surface area contributed by atoms with Gasteiger partial charge in [0.15, 0.2) is 0 Å². The number of fused-ring (bicyclic) bond motifs is 1. The Bertz CT molecular complexity index is 1140. The Morgan fingerprint density at radius 1 is 1.06 bits per heavy atom. The van der Waals surface area contributed by atoms with E-state index in [9.17, 15) is 9.59 Å². The number of aryl methyl sites for hydroxylation is 1. The minimum absolute atomic E-state index is 0.000296. The van der Waals surface area contributed by atoms with Gasteiger partial charge < -0.3 is 4.90 Å². The molecule has 1 aliphatic heterocycles. The number of hydrogen-bond acceptors (Lipinski definition) is 3. The fraction of sp³-hybridized carbons (Fsp3) is 0.296. The van der Waals surface area contributed by atoms with E-state index in [0.29, 0.717) is 29.4 Å². The van der Waals surface area contributed by atoms with E-state index in [1.807, 2.05) is 62.4 Å². The number of anilines is 2. The maximum atomic E-state index is 13.7. The van der Waals surface area contributed by atoms with Crippen molar-refractivity contribution in [2.45, 2.75) is 45.6 Å². The molecular weight excluding hydrogens is 434 g/mol. The van der Waals surface area contributed by atoms with E-state index in [0.717, 1.165) is 17.7 Å². The van der Waals surface area contributed by atoms with Gasteiger partial charge in [0, 0.05) is 40.6 Å². The number of likely N-dealkylation sites (N-methyl/N-ethyl adjacent to an activating group) is 1. The molecule has 0 N–H and O–H groups in total. The van der Waals surface area contributed by atoms with Crippen molar-refractivity contribution < 1.29 is 9.59 Å². The number of carbonyl (C=O) groups is 2. The topological polar surface area (TPSA) is 53.5 Å². The van der Waals surface area contributed by atoms with Crippen molar-refractivity contribution in [3.05, 3.63) is 88.6 Å². The third-order valence-corrected chi connectivity index (χ3v) is 6.54. The van der Waals surface area contributed by atoms with Crippen LogP contribution in [-0.4, -0.2) is 29.4 Å². The number of pyridine rings is 1. The maximum Gasteiger partial charge on any atom is 0.259 e. The van der Waals surface area contributed by atoms with Crippen molar-refractivity contribution in [3.8, 4) is 0 Å². The first-order valence-corrected chi connectivity index (χ1v) is 11.8. The summed E-state index contributed by atoms with van der Waals surface area (Å²) >= 11 is 6.04. The van der Waals surface area contributed by atoms with Gasteiger partial charge in [-0.15, -0.1) is 0 Å². The smallest absolute Gasteiger partial charge is 0.259 e. The highest BCUT2D eigenvalue weighted by Gasteiger charge is 2.39. The third kappa shape index (κ3) is 4.51. The zero-order valence-corrected chi connectivity index (χ0v) is 19.9. The van der Waals surface area contributed by atoms with E-state index >= 15 is 0 Å². The van der Waals surface area contributed by atoms with Crippen molar-refractivity contribution in [3.63, 3.8) is 0 Å². The van der Waals surface area contributed by atoms with E-state index < -0.39 is 0 Å². The Morgan fingerprint density at radius 3 is 2.39 bits per heavy atom. The van der Waals surface area contributed by atoms with Crippen LogP contribution in [0.4, 0.5) is 11.5 Å². The summed E-state index contributed by atoms with van der Waals surface area (Å²) in [5, 5.41) is 0.629. The molecule has 0 radical (unpaired) electrons. The number of nitrogens with zero attached hydrogens (tertiary/aromatic N) is 3. The second-order valence-electron chi connectivity index (χ2n) is 8.34. The number of rotatable bonds is 5. The van der Waals surface area contributed by atoms with E-state index in [4.69, 9.17) is 11.6 Å². The van der Waals surface area contributed by atoms with E-state index in [2.05, 4.69) is 11.9 Å². The number of benzene rings is 2. The van der Waals surface area contributed by atoms with Crippen LogP contribution in [0.5, 0.6) is 0 Å². The molecule has 6 heteroatoms. The van der Waals surface area contributed by atoms with Gasteiger partial charge in [-0.2, -0.15) is 0 Å². The average Bonchev–Trinajstić information content (AvgIpc) is 2.84. The quantitative estimate of drug-likeness (QED) is 0.477. The summed E-state index contributed by atoms with van der Waals surface area (Å²) in [7, 11) is 0. The van der Waals surface area contributed by atoms with Crippen LogP contribution < -0.4 is 9.80 Å². The summed E-state index contributed by atoms with van der Waals surface area (Å²) < 4.78 is 0. The Kier molecular flexibility index (Phi) is 6.80. The predicted molar refractivity (Wildman–Crippen MR) is 133 cm³/mol. The molecule has 0 saturated carbocycles. The molecule has 2 atom stereocenters. The molecule has 3 aromatic rings. The predicted octanol–water partition coefficient (Wildman–Crippen LogP) is 5.87. The average molecular weight is 462 g/mol. The largest absolute Gasteiger partial charge is 0.312 e. The van der Waals surface area contributed by atoms with Gasteiger partial charge in [-0.3, -0.25) is 14.5 Å². The van der Waals surface area contributed by atoms with Gasteiger partial charge in [0.25, 0.3) is 5.91 Å². The number of amides is 2. The highest BCUT2D eigenvalue weighted by Crippen LogP contribution is 2.39. The molecule has 1 aliphatic rings. The van der Waals surface area contributed by atoms with E-state index in [-0.39, 0.29) is 23.8 Å². The Labute approximate surface area is 200 Å². The van der Waals surface area contributed by atoms with Gasteiger partial charge in [-0.25, -0.2) is 4.98 Å². The van der Waals surface area contributed by atoms with Crippen LogP contribution in [0.2, 0.25) is 5.02 Å². The molecule has 0 fully saturated rings. The summed E-state index contributed by atoms with van der Waals surface area (Å²) in [6, 6.07) is 18.6. The van der Waals surface area contributed by atoms with Gasteiger partial charge in [0.05, 0.1) is 5.92 Å². The minimum Gasteiger partial charge on any atom is -0.312 e. The first-order valence-electron chi connectivity index (χ1n) is 11.4. The lowest BCUT2D eigenvalue weighted by molar-refractivity contribution is -0.120. The standard InChI is InChI=1S/C27H28ClN3O2/c1-4-19-8-10-20(11-9-19)26(32)31-18(3)17-24(23-7-6-16-29-25(23)31)27(33)30(5-2)22-14-12-21(28)13-15-22/h6-16,18,24H,4-5,17H2,1-3H3/t18-,24-/m0/s1. The third-order valence-electron chi connectivity index (χ3n) is 6.28. The molecule has 0 saturated heterocycles. The van der Waals surface area contributed by atoms with E-state index in [1.165, 1.54) is 5.56 Å². The first-order chi connectivity index (χ1) is 15.9. The minimum atomic E-state index is -0.383. The fourth-order valence-corrected chi connectivity index (χ4v) is 4.62.